The molecule has 2 aromatic carbocycles. The highest BCUT2D eigenvalue weighted by Gasteiger charge is 2.48. The van der Waals surface area contributed by atoms with Crippen molar-refractivity contribution in [3.63, 3.8) is 0 Å². The number of carbonyl (C=O) groups is 1. The molecule has 178 valence electrons. The van der Waals surface area contributed by atoms with Crippen LogP contribution in [-0.2, 0) is 16.0 Å². The predicted molar refractivity (Wildman–Crippen MR) is 106 cm³/mol. The summed E-state index contributed by atoms with van der Waals surface area (Å²) in [6.07, 6.45) is -11.2. The summed E-state index contributed by atoms with van der Waals surface area (Å²) in [7, 11) is 0. The number of aliphatic carboxylic acids is 1. The fourth-order valence-electron chi connectivity index (χ4n) is 3.83. The molecule has 2 heterocycles. The van der Waals surface area contributed by atoms with Gasteiger partial charge in [-0.1, -0.05) is 6.07 Å². The van der Waals surface area contributed by atoms with Crippen LogP contribution in [0.25, 0.3) is 0 Å². The number of ether oxygens (including phenoxy) is 3. The van der Waals surface area contributed by atoms with Crippen molar-refractivity contribution in [2.24, 2.45) is 0 Å². The van der Waals surface area contributed by atoms with Crippen LogP contribution in [0.1, 0.15) is 17.2 Å². The highest BCUT2D eigenvalue weighted by molar-refractivity contribution is 5.73. The van der Waals surface area contributed by atoms with Gasteiger partial charge in [-0.3, -0.25) is 0 Å². The molecule has 0 unspecified atom stereocenters. The Morgan fingerprint density at radius 1 is 0.939 bits per heavy atom. The van der Waals surface area contributed by atoms with Gasteiger partial charge < -0.3 is 55.1 Å². The lowest BCUT2D eigenvalue weighted by atomic mass is 9.94. The van der Waals surface area contributed by atoms with E-state index in [0.717, 1.165) is 6.07 Å². The van der Waals surface area contributed by atoms with Gasteiger partial charge in [0.2, 0.25) is 6.29 Å². The molecule has 8 N–H and O–H groups in total. The predicted octanol–water partition coefficient (Wildman–Crippen LogP) is -0.889. The van der Waals surface area contributed by atoms with Crippen LogP contribution in [0.4, 0.5) is 0 Å². The molecule has 0 spiro atoms. The maximum absolute atomic E-state index is 11.2. The van der Waals surface area contributed by atoms with Crippen molar-refractivity contribution >= 4 is 5.97 Å². The molecule has 2 aliphatic heterocycles. The van der Waals surface area contributed by atoms with E-state index in [1.807, 2.05) is 0 Å². The van der Waals surface area contributed by atoms with Crippen molar-refractivity contribution < 1.29 is 59.9 Å². The molecule has 0 saturated carbocycles. The standard InChI is InChI=1S/C21H22O12/c22-8-4-10(23)9-6-12(25)18(31-14(9)5-8)7-1-2-13(11(24)3-7)32-21-17(28)15(26)16(27)19(33-21)20(29)30/h1-5,12,15-19,21-28H,6H2,(H,29,30)/t12-,15+,16+,17-,18-,19+,21-/m1/s1. The number of hydrogen-bond donors (Lipinski definition) is 8. The minimum Gasteiger partial charge on any atom is -0.508 e. The van der Waals surface area contributed by atoms with Crippen molar-refractivity contribution in [2.45, 2.75) is 49.3 Å². The summed E-state index contributed by atoms with van der Waals surface area (Å²) in [4.78, 5) is 11.2. The number of aromatic hydroxyl groups is 3. The van der Waals surface area contributed by atoms with Gasteiger partial charge in [0.05, 0.1) is 6.10 Å². The molecular weight excluding hydrogens is 444 g/mol. The van der Waals surface area contributed by atoms with Crippen LogP contribution in [0.3, 0.4) is 0 Å². The van der Waals surface area contributed by atoms with Crippen LogP contribution >= 0.6 is 0 Å². The van der Waals surface area contributed by atoms with Crippen molar-refractivity contribution in [3.8, 4) is 28.7 Å². The third-order valence-electron chi connectivity index (χ3n) is 5.55. The van der Waals surface area contributed by atoms with E-state index in [4.69, 9.17) is 19.3 Å². The number of carboxylic acid groups (broad SMARTS) is 1. The highest BCUT2D eigenvalue weighted by atomic mass is 16.7. The highest BCUT2D eigenvalue weighted by Crippen LogP contribution is 2.43. The first-order valence-electron chi connectivity index (χ1n) is 9.88. The number of aliphatic hydroxyl groups is 4. The van der Waals surface area contributed by atoms with Gasteiger partial charge in [-0.2, -0.15) is 0 Å². The van der Waals surface area contributed by atoms with Crippen LogP contribution in [0, 0.1) is 0 Å². The van der Waals surface area contributed by atoms with Gasteiger partial charge in [-0.15, -0.1) is 0 Å². The molecule has 0 bridgehead atoms. The molecule has 1 saturated heterocycles. The van der Waals surface area contributed by atoms with Gasteiger partial charge in [0.15, 0.2) is 17.6 Å². The summed E-state index contributed by atoms with van der Waals surface area (Å²) in [5.41, 5.74) is 0.628. The number of rotatable bonds is 4. The Hall–Kier alpha value is -3.29. The molecule has 0 amide bonds. The third-order valence-corrected chi connectivity index (χ3v) is 5.55. The lowest BCUT2D eigenvalue weighted by Gasteiger charge is -2.38. The Morgan fingerprint density at radius 3 is 2.33 bits per heavy atom. The minimum atomic E-state index is -1.89. The summed E-state index contributed by atoms with van der Waals surface area (Å²) in [6.45, 7) is 0. The van der Waals surface area contributed by atoms with Gasteiger partial charge in [-0.05, 0) is 17.7 Å². The molecule has 2 aromatic rings. The Balaban J connectivity index is 1.54. The van der Waals surface area contributed by atoms with E-state index >= 15 is 0 Å². The molecule has 0 aromatic heterocycles. The van der Waals surface area contributed by atoms with E-state index in [2.05, 4.69) is 0 Å². The Kier molecular flexibility index (Phi) is 5.95. The fourth-order valence-corrected chi connectivity index (χ4v) is 3.83. The largest absolute Gasteiger partial charge is 0.508 e. The van der Waals surface area contributed by atoms with E-state index < -0.39 is 54.6 Å². The van der Waals surface area contributed by atoms with Crippen LogP contribution in [0.15, 0.2) is 30.3 Å². The molecule has 12 heteroatoms. The Bertz CT molecular complexity index is 1060. The number of hydrogen-bond acceptors (Lipinski definition) is 11. The van der Waals surface area contributed by atoms with Gasteiger partial charge in [0.1, 0.15) is 41.7 Å². The smallest absolute Gasteiger partial charge is 0.335 e. The molecule has 4 rings (SSSR count). The second kappa shape index (κ2) is 8.57. The van der Waals surface area contributed by atoms with Crippen molar-refractivity contribution in [2.75, 3.05) is 0 Å². The normalized spacial score (nSPS) is 31.3. The quantitative estimate of drug-likeness (QED) is 0.276. The van der Waals surface area contributed by atoms with E-state index in [1.165, 1.54) is 24.3 Å². The third kappa shape index (κ3) is 4.21. The molecular formula is C21H22O12. The average molecular weight is 466 g/mol. The van der Waals surface area contributed by atoms with E-state index in [9.17, 15) is 40.5 Å². The molecule has 0 aliphatic carbocycles. The molecule has 0 radical (unpaired) electrons. The Morgan fingerprint density at radius 2 is 1.67 bits per heavy atom. The van der Waals surface area contributed by atoms with E-state index in [0.29, 0.717) is 11.1 Å². The zero-order valence-corrected chi connectivity index (χ0v) is 16.8. The maximum Gasteiger partial charge on any atom is 0.335 e. The van der Waals surface area contributed by atoms with Crippen LogP contribution in [0.2, 0.25) is 0 Å². The second-order valence-corrected chi connectivity index (χ2v) is 7.83. The summed E-state index contributed by atoms with van der Waals surface area (Å²) < 4.78 is 16.1. The summed E-state index contributed by atoms with van der Waals surface area (Å²) >= 11 is 0. The number of aliphatic hydroxyl groups excluding tert-OH is 4. The SMILES string of the molecule is O=C(O)[C@H]1O[C@@H](Oc2ccc([C@H]3Oc4cc(O)cc(O)c4C[C@H]3O)cc2O)[C@H](O)[C@@H](O)[C@@H]1O. The van der Waals surface area contributed by atoms with Gasteiger partial charge in [-0.25, -0.2) is 4.79 Å². The molecule has 12 nitrogen and oxygen atoms in total. The molecule has 33 heavy (non-hydrogen) atoms. The van der Waals surface area contributed by atoms with Crippen LogP contribution in [0.5, 0.6) is 28.7 Å². The number of phenols is 3. The minimum absolute atomic E-state index is 0.0179. The zero-order valence-electron chi connectivity index (χ0n) is 16.8. The fraction of sp³-hybridized carbons (Fsp3) is 0.381. The maximum atomic E-state index is 11.2. The van der Waals surface area contributed by atoms with Crippen molar-refractivity contribution in [3.05, 3.63) is 41.5 Å². The van der Waals surface area contributed by atoms with E-state index in [1.54, 1.807) is 0 Å². The van der Waals surface area contributed by atoms with Crippen LogP contribution < -0.4 is 9.47 Å². The molecule has 2 aliphatic rings. The van der Waals surface area contributed by atoms with E-state index in [-0.39, 0.29) is 29.4 Å². The van der Waals surface area contributed by atoms with Gasteiger partial charge in [0.25, 0.3) is 0 Å². The summed E-state index contributed by atoms with van der Waals surface area (Å²) in [5.74, 6) is -2.60. The molecule has 7 atom stereocenters. The average Bonchev–Trinajstić information content (AvgIpc) is 2.75. The van der Waals surface area contributed by atoms with Gasteiger partial charge >= 0.3 is 5.97 Å². The van der Waals surface area contributed by atoms with Gasteiger partial charge in [0, 0.05) is 24.1 Å². The topological polar surface area (TPSA) is 207 Å². The second-order valence-electron chi connectivity index (χ2n) is 7.83. The zero-order chi connectivity index (χ0) is 24.0. The molecule has 1 fully saturated rings. The summed E-state index contributed by atoms with van der Waals surface area (Å²) in [5, 5.41) is 79.3. The lowest BCUT2D eigenvalue weighted by Crippen LogP contribution is -2.61. The number of fused-ring (bicyclic) bond motifs is 1. The number of carboxylic acids is 1. The first-order chi connectivity index (χ1) is 15.6. The van der Waals surface area contributed by atoms with Crippen molar-refractivity contribution in [1.29, 1.82) is 0 Å². The van der Waals surface area contributed by atoms with Crippen LogP contribution in [-0.4, -0.2) is 83.6 Å². The first-order valence-corrected chi connectivity index (χ1v) is 9.88. The first kappa shape index (κ1) is 22.9. The number of benzene rings is 2. The van der Waals surface area contributed by atoms with Crippen molar-refractivity contribution in [1.82, 2.24) is 0 Å². The lowest BCUT2D eigenvalue weighted by molar-refractivity contribution is -0.271. The Labute approximate surface area is 186 Å². The monoisotopic (exact) mass is 466 g/mol. The summed E-state index contributed by atoms with van der Waals surface area (Å²) in [6, 6.07) is 6.28. The number of phenolic OH excluding ortho intramolecular Hbond substituents is 3.